The molecule has 1 unspecified atom stereocenters. The summed E-state index contributed by atoms with van der Waals surface area (Å²) in [6.07, 6.45) is 0. The van der Waals surface area contributed by atoms with Gasteiger partial charge in [0.25, 0.3) is 0 Å². The second-order valence-corrected chi connectivity index (χ2v) is 6.28. The van der Waals surface area contributed by atoms with Gasteiger partial charge in [-0.05, 0) is 18.6 Å². The first-order valence-corrected chi connectivity index (χ1v) is 8.14. The molecule has 0 amide bonds. The van der Waals surface area contributed by atoms with Gasteiger partial charge in [0.15, 0.2) is 0 Å². The molecule has 3 heterocycles. The summed E-state index contributed by atoms with van der Waals surface area (Å²) in [5.74, 6) is 0.828. The van der Waals surface area contributed by atoms with Crippen LogP contribution in [0.2, 0.25) is 0 Å². The van der Waals surface area contributed by atoms with Gasteiger partial charge in [-0.2, -0.15) is 5.26 Å². The van der Waals surface area contributed by atoms with Gasteiger partial charge in [0.1, 0.15) is 11.9 Å². The van der Waals surface area contributed by atoms with Crippen molar-refractivity contribution in [2.24, 2.45) is 0 Å². The minimum absolute atomic E-state index is 0.401. The van der Waals surface area contributed by atoms with Crippen molar-refractivity contribution in [1.29, 1.82) is 5.26 Å². The van der Waals surface area contributed by atoms with E-state index in [1.807, 2.05) is 31.2 Å². The number of benzene rings is 1. The van der Waals surface area contributed by atoms with E-state index in [9.17, 15) is 5.26 Å². The van der Waals surface area contributed by atoms with Crippen LogP contribution in [-0.4, -0.2) is 55.3 Å². The first-order chi connectivity index (χ1) is 11.3. The lowest BCUT2D eigenvalue weighted by Gasteiger charge is -2.44. The topological polar surface area (TPSA) is 52.4 Å². The molecule has 23 heavy (non-hydrogen) atoms. The number of nitriles is 1. The normalized spacial score (nSPS) is 21.9. The Bertz CT molecular complexity index is 782. The third kappa shape index (κ3) is 2.44. The molecule has 2 aliphatic rings. The Morgan fingerprint density at radius 3 is 3.00 bits per heavy atom. The fraction of sp³-hybridized carbons (Fsp3) is 0.444. The van der Waals surface area contributed by atoms with E-state index in [1.54, 1.807) is 0 Å². The van der Waals surface area contributed by atoms with Crippen molar-refractivity contribution in [2.75, 3.05) is 44.3 Å². The number of hydrogen-bond donors (Lipinski definition) is 0. The van der Waals surface area contributed by atoms with Crippen molar-refractivity contribution < 1.29 is 4.74 Å². The van der Waals surface area contributed by atoms with Gasteiger partial charge in [-0.1, -0.05) is 18.2 Å². The zero-order valence-corrected chi connectivity index (χ0v) is 13.3. The molecule has 2 fully saturated rings. The van der Waals surface area contributed by atoms with Crippen molar-refractivity contribution in [3.05, 3.63) is 35.4 Å². The summed E-state index contributed by atoms with van der Waals surface area (Å²) in [4.78, 5) is 9.56. The zero-order chi connectivity index (χ0) is 15.8. The largest absolute Gasteiger partial charge is 0.378 e. The molecule has 1 aromatic heterocycles. The lowest BCUT2D eigenvalue weighted by Crippen LogP contribution is -2.58. The van der Waals surface area contributed by atoms with Crippen LogP contribution in [0.3, 0.4) is 0 Å². The minimum atomic E-state index is 0.401. The molecular weight excluding hydrogens is 288 g/mol. The third-order valence-electron chi connectivity index (χ3n) is 4.98. The van der Waals surface area contributed by atoms with Crippen molar-refractivity contribution in [3.63, 3.8) is 0 Å². The Morgan fingerprint density at radius 1 is 1.26 bits per heavy atom. The zero-order valence-electron chi connectivity index (χ0n) is 13.3. The van der Waals surface area contributed by atoms with Gasteiger partial charge in [0.05, 0.1) is 30.3 Å². The number of hydrogen-bond acceptors (Lipinski definition) is 5. The predicted octanol–water partition coefficient (Wildman–Crippen LogP) is 1.94. The fourth-order valence-electron chi connectivity index (χ4n) is 3.66. The molecule has 0 bridgehead atoms. The summed E-state index contributed by atoms with van der Waals surface area (Å²) in [6.45, 7) is 7.42. The summed E-state index contributed by atoms with van der Waals surface area (Å²) in [5.41, 5.74) is 2.69. The van der Waals surface area contributed by atoms with E-state index in [-0.39, 0.29) is 0 Å². The predicted molar refractivity (Wildman–Crippen MR) is 89.6 cm³/mol. The first-order valence-electron chi connectivity index (χ1n) is 8.14. The molecule has 5 nitrogen and oxygen atoms in total. The van der Waals surface area contributed by atoms with Gasteiger partial charge in [-0.3, -0.25) is 4.90 Å². The van der Waals surface area contributed by atoms with Crippen molar-refractivity contribution in [3.8, 4) is 6.07 Å². The van der Waals surface area contributed by atoms with Gasteiger partial charge >= 0.3 is 0 Å². The van der Waals surface area contributed by atoms with Crippen LogP contribution >= 0.6 is 0 Å². The van der Waals surface area contributed by atoms with Crippen molar-refractivity contribution in [2.45, 2.75) is 13.0 Å². The maximum atomic E-state index is 9.67. The molecule has 5 heteroatoms. The van der Waals surface area contributed by atoms with Crippen molar-refractivity contribution in [1.82, 2.24) is 9.88 Å². The highest BCUT2D eigenvalue weighted by Gasteiger charge is 2.31. The number of nitrogens with zero attached hydrogens (tertiary/aromatic N) is 4. The monoisotopic (exact) mass is 308 g/mol. The molecule has 1 aromatic carbocycles. The first kappa shape index (κ1) is 14.4. The van der Waals surface area contributed by atoms with Crippen LogP contribution in [0.25, 0.3) is 10.9 Å². The Labute approximate surface area is 136 Å². The number of pyridine rings is 1. The quantitative estimate of drug-likeness (QED) is 0.806. The Balaban J connectivity index is 1.75. The number of rotatable bonds is 1. The number of aromatic nitrogens is 1. The Kier molecular flexibility index (Phi) is 3.64. The van der Waals surface area contributed by atoms with E-state index in [2.05, 4.69) is 15.9 Å². The highest BCUT2D eigenvalue weighted by molar-refractivity contribution is 5.87. The third-order valence-corrected chi connectivity index (χ3v) is 4.98. The number of aryl methyl sites for hydroxylation is 1. The summed E-state index contributed by atoms with van der Waals surface area (Å²) >= 11 is 0. The van der Waals surface area contributed by atoms with E-state index < -0.39 is 0 Å². The lowest BCUT2D eigenvalue weighted by molar-refractivity contribution is -0.0117. The average molecular weight is 308 g/mol. The summed E-state index contributed by atoms with van der Waals surface area (Å²) in [6, 6.07) is 10.8. The van der Waals surface area contributed by atoms with Crippen molar-refractivity contribution >= 4 is 16.7 Å². The van der Waals surface area contributed by atoms with E-state index in [0.717, 1.165) is 61.7 Å². The molecule has 4 rings (SSSR count). The number of fused-ring (bicyclic) bond motifs is 2. The molecule has 2 aromatic rings. The molecule has 2 aliphatic heterocycles. The van der Waals surface area contributed by atoms with Crippen LogP contribution in [0.4, 0.5) is 5.82 Å². The average Bonchev–Trinajstić information content (AvgIpc) is 2.61. The molecule has 0 spiro atoms. The van der Waals surface area contributed by atoms with Gasteiger partial charge in [-0.25, -0.2) is 4.98 Å². The highest BCUT2D eigenvalue weighted by atomic mass is 16.5. The SMILES string of the molecule is Cc1c(C#N)c(N2CCN3CCOCC3C2)nc2ccccc12. The van der Waals surface area contributed by atoms with Gasteiger partial charge < -0.3 is 9.64 Å². The van der Waals surface area contributed by atoms with Gasteiger partial charge in [0.2, 0.25) is 0 Å². The highest BCUT2D eigenvalue weighted by Crippen LogP contribution is 2.29. The summed E-state index contributed by atoms with van der Waals surface area (Å²) in [7, 11) is 0. The van der Waals surface area contributed by atoms with E-state index in [1.165, 1.54) is 0 Å². The molecule has 0 N–H and O–H groups in total. The van der Waals surface area contributed by atoms with Crippen LogP contribution in [0.1, 0.15) is 11.1 Å². The molecule has 118 valence electrons. The fourth-order valence-corrected chi connectivity index (χ4v) is 3.66. The minimum Gasteiger partial charge on any atom is -0.378 e. The molecule has 0 saturated carbocycles. The maximum Gasteiger partial charge on any atom is 0.147 e. The van der Waals surface area contributed by atoms with E-state index >= 15 is 0 Å². The second-order valence-electron chi connectivity index (χ2n) is 6.28. The second kappa shape index (κ2) is 5.80. The maximum absolute atomic E-state index is 9.67. The number of morpholine rings is 1. The smallest absolute Gasteiger partial charge is 0.147 e. The number of piperazine rings is 1. The number of ether oxygens (including phenoxy) is 1. The summed E-state index contributed by atoms with van der Waals surface area (Å²) in [5, 5.41) is 10.7. The lowest BCUT2D eigenvalue weighted by atomic mass is 10.0. The van der Waals surface area contributed by atoms with Crippen LogP contribution < -0.4 is 4.90 Å². The molecule has 0 aliphatic carbocycles. The van der Waals surface area contributed by atoms with Crippen LogP contribution in [-0.2, 0) is 4.74 Å². The van der Waals surface area contributed by atoms with Crippen LogP contribution in [0, 0.1) is 18.3 Å². The van der Waals surface area contributed by atoms with Gasteiger partial charge in [-0.15, -0.1) is 0 Å². The Morgan fingerprint density at radius 2 is 2.13 bits per heavy atom. The molecule has 1 atom stereocenters. The number of anilines is 1. The molecule has 2 saturated heterocycles. The van der Waals surface area contributed by atoms with Crippen LogP contribution in [0.5, 0.6) is 0 Å². The van der Waals surface area contributed by atoms with E-state index in [0.29, 0.717) is 11.6 Å². The summed E-state index contributed by atoms with van der Waals surface area (Å²) < 4.78 is 5.62. The molecular formula is C18H20N4O. The standard InChI is InChI=1S/C18H20N4O/c1-13-15-4-2-3-5-17(15)20-18(16(13)10-19)22-7-6-21-8-9-23-12-14(21)11-22/h2-5,14H,6-9,11-12H2,1H3. The Hall–Kier alpha value is -2.16. The number of para-hydroxylation sites is 1. The van der Waals surface area contributed by atoms with Gasteiger partial charge in [0, 0.05) is 31.6 Å². The molecule has 0 radical (unpaired) electrons. The van der Waals surface area contributed by atoms with Crippen LogP contribution in [0.15, 0.2) is 24.3 Å². The van der Waals surface area contributed by atoms with E-state index in [4.69, 9.17) is 9.72 Å².